The van der Waals surface area contributed by atoms with E-state index in [4.69, 9.17) is 4.74 Å². The van der Waals surface area contributed by atoms with Gasteiger partial charge in [0.1, 0.15) is 23.1 Å². The molecule has 1 aromatic heterocycles. The Morgan fingerprint density at radius 2 is 1.87 bits per heavy atom. The topological polar surface area (TPSA) is 71.5 Å². The minimum absolute atomic E-state index is 0.135. The van der Waals surface area contributed by atoms with Crippen molar-refractivity contribution in [2.75, 3.05) is 11.9 Å². The molecule has 0 aliphatic rings. The second-order valence-corrected chi connectivity index (χ2v) is 9.18. The van der Waals surface area contributed by atoms with Gasteiger partial charge in [-0.3, -0.25) is 4.79 Å². The number of pyridine rings is 1. The Hall–Kier alpha value is -2.38. The number of ether oxygens (including phenoxy) is 1. The summed E-state index contributed by atoms with van der Waals surface area (Å²) in [6, 6.07) is 14.6. The van der Waals surface area contributed by atoms with Gasteiger partial charge in [0.2, 0.25) is 0 Å². The molecule has 7 heteroatoms. The van der Waals surface area contributed by atoms with Crippen molar-refractivity contribution in [3.05, 3.63) is 74.8 Å². The summed E-state index contributed by atoms with van der Waals surface area (Å²) in [5.74, 6) is 2.58. The van der Waals surface area contributed by atoms with Crippen LogP contribution < -0.4 is 10.1 Å². The van der Waals surface area contributed by atoms with Crippen molar-refractivity contribution in [3.8, 4) is 17.2 Å². The van der Waals surface area contributed by atoms with Crippen LogP contribution in [0, 0.1) is 0 Å². The molecule has 0 bridgehead atoms. The number of nitrogens with zero attached hydrogens (tertiary/aromatic N) is 1. The lowest BCUT2D eigenvalue weighted by atomic mass is 10.0. The van der Waals surface area contributed by atoms with Gasteiger partial charge in [-0.25, -0.2) is 4.98 Å². The van der Waals surface area contributed by atoms with E-state index in [-0.39, 0.29) is 17.5 Å². The van der Waals surface area contributed by atoms with Crippen molar-refractivity contribution in [2.45, 2.75) is 32.6 Å². The molecule has 0 amide bonds. The zero-order valence-electron chi connectivity index (χ0n) is 17.4. The predicted octanol–water partition coefficient (Wildman–Crippen LogP) is 6.84. The average molecular weight is 548 g/mol. The van der Waals surface area contributed by atoms with E-state index in [0.717, 1.165) is 25.9 Å². The third-order valence-electron chi connectivity index (χ3n) is 4.68. The number of hydrogen-bond acceptors (Lipinski definition) is 5. The van der Waals surface area contributed by atoms with Gasteiger partial charge in [0.05, 0.1) is 8.95 Å². The highest BCUT2D eigenvalue weighted by molar-refractivity contribution is 9.11. The molecule has 2 N–H and O–H groups in total. The number of aromatic nitrogens is 1. The SMILES string of the molecule is CC(C)c1cc(Oc2c(Br)cc(CC(=O)CCNc3ccccn3)cc2Br)ccc1O. The summed E-state index contributed by atoms with van der Waals surface area (Å²) in [6.07, 6.45) is 2.46. The highest BCUT2D eigenvalue weighted by atomic mass is 79.9. The van der Waals surface area contributed by atoms with Crippen molar-refractivity contribution in [2.24, 2.45) is 0 Å². The summed E-state index contributed by atoms with van der Waals surface area (Å²) in [7, 11) is 0. The van der Waals surface area contributed by atoms with Crippen molar-refractivity contribution in [1.29, 1.82) is 0 Å². The number of nitrogens with one attached hydrogen (secondary N) is 1. The number of aromatic hydroxyl groups is 1. The largest absolute Gasteiger partial charge is 0.508 e. The Morgan fingerprint density at radius 3 is 2.52 bits per heavy atom. The van der Waals surface area contributed by atoms with Crippen LogP contribution in [0.4, 0.5) is 5.82 Å². The van der Waals surface area contributed by atoms with Crippen LogP contribution in [0.15, 0.2) is 63.7 Å². The Bertz CT molecular complexity index is 1030. The standard InChI is InChI=1S/C24H24Br2N2O3/c1-15(2)19-14-18(6-7-22(19)30)31-24-20(25)12-16(13-21(24)26)11-17(29)8-10-28-23-5-3-4-9-27-23/h3-7,9,12-15,30H,8,10-11H2,1-2H3,(H,27,28). The number of halogens is 2. The molecule has 0 saturated heterocycles. The van der Waals surface area contributed by atoms with Gasteiger partial charge < -0.3 is 15.2 Å². The van der Waals surface area contributed by atoms with Crippen molar-refractivity contribution in [1.82, 2.24) is 4.98 Å². The first kappa shape index (κ1) is 23.3. The first-order valence-electron chi connectivity index (χ1n) is 9.98. The van der Waals surface area contributed by atoms with E-state index in [9.17, 15) is 9.90 Å². The molecule has 31 heavy (non-hydrogen) atoms. The smallest absolute Gasteiger partial charge is 0.155 e. The highest BCUT2D eigenvalue weighted by Crippen LogP contribution is 2.39. The van der Waals surface area contributed by atoms with Crippen LogP contribution in [0.1, 0.15) is 37.3 Å². The molecule has 0 saturated carbocycles. The Balaban J connectivity index is 1.63. The number of anilines is 1. The third-order valence-corrected chi connectivity index (χ3v) is 5.85. The van der Waals surface area contributed by atoms with Gasteiger partial charge in [-0.05, 0) is 85.8 Å². The van der Waals surface area contributed by atoms with E-state index in [1.807, 2.05) is 50.2 Å². The number of benzene rings is 2. The normalized spacial score (nSPS) is 10.9. The molecule has 3 rings (SSSR count). The fourth-order valence-corrected chi connectivity index (χ4v) is 4.54. The van der Waals surface area contributed by atoms with E-state index < -0.39 is 0 Å². The van der Waals surface area contributed by atoms with Crippen LogP contribution in [0.3, 0.4) is 0 Å². The Labute approximate surface area is 199 Å². The Kier molecular flexibility index (Phi) is 8.09. The van der Waals surface area contributed by atoms with Crippen LogP contribution >= 0.6 is 31.9 Å². The number of ketones is 1. The zero-order chi connectivity index (χ0) is 22.4. The van der Waals surface area contributed by atoms with E-state index in [0.29, 0.717) is 30.9 Å². The molecule has 0 unspecified atom stereocenters. The number of rotatable bonds is 9. The monoisotopic (exact) mass is 546 g/mol. The van der Waals surface area contributed by atoms with Gasteiger partial charge in [-0.15, -0.1) is 0 Å². The maximum Gasteiger partial charge on any atom is 0.155 e. The quantitative estimate of drug-likeness (QED) is 0.307. The van der Waals surface area contributed by atoms with Crippen LogP contribution in [0.2, 0.25) is 0 Å². The lowest BCUT2D eigenvalue weighted by Crippen LogP contribution is -2.11. The molecule has 2 aromatic carbocycles. The fraction of sp³-hybridized carbons (Fsp3) is 0.250. The Morgan fingerprint density at radius 1 is 1.13 bits per heavy atom. The van der Waals surface area contributed by atoms with Gasteiger partial charge >= 0.3 is 0 Å². The van der Waals surface area contributed by atoms with Crippen LogP contribution in [0.5, 0.6) is 17.2 Å². The summed E-state index contributed by atoms with van der Waals surface area (Å²) in [4.78, 5) is 16.6. The zero-order valence-corrected chi connectivity index (χ0v) is 20.5. The van der Waals surface area contributed by atoms with Crippen LogP contribution in [0.25, 0.3) is 0 Å². The van der Waals surface area contributed by atoms with Gasteiger partial charge in [0.15, 0.2) is 5.75 Å². The summed E-state index contributed by atoms with van der Waals surface area (Å²) in [5.41, 5.74) is 1.72. The maximum atomic E-state index is 12.4. The minimum atomic E-state index is 0.135. The number of Topliss-reactive ketones (excluding diaryl/α,β-unsaturated/α-hetero) is 1. The van der Waals surface area contributed by atoms with Crippen LogP contribution in [-0.4, -0.2) is 22.4 Å². The van der Waals surface area contributed by atoms with Crippen molar-refractivity contribution in [3.63, 3.8) is 0 Å². The molecule has 0 radical (unpaired) electrons. The molecule has 0 atom stereocenters. The molecule has 1 heterocycles. The first-order chi connectivity index (χ1) is 14.8. The van der Waals surface area contributed by atoms with E-state index in [2.05, 4.69) is 42.2 Å². The highest BCUT2D eigenvalue weighted by Gasteiger charge is 2.14. The molecule has 162 valence electrons. The van der Waals surface area contributed by atoms with Gasteiger partial charge in [0.25, 0.3) is 0 Å². The molecule has 0 spiro atoms. The number of carbonyl (C=O) groups is 1. The summed E-state index contributed by atoms with van der Waals surface area (Å²) >= 11 is 7.11. The summed E-state index contributed by atoms with van der Waals surface area (Å²) in [5, 5.41) is 13.2. The van der Waals surface area contributed by atoms with E-state index in [1.54, 1.807) is 18.3 Å². The van der Waals surface area contributed by atoms with E-state index in [1.165, 1.54) is 0 Å². The molecule has 0 aliphatic heterocycles. The summed E-state index contributed by atoms with van der Waals surface area (Å²) < 4.78 is 7.54. The molecule has 5 nitrogen and oxygen atoms in total. The lowest BCUT2D eigenvalue weighted by Gasteiger charge is -2.14. The van der Waals surface area contributed by atoms with Crippen molar-refractivity contribution >= 4 is 43.5 Å². The van der Waals surface area contributed by atoms with Crippen LogP contribution in [-0.2, 0) is 11.2 Å². The molecular formula is C24H24Br2N2O3. The third kappa shape index (κ3) is 6.55. The van der Waals surface area contributed by atoms with Gasteiger partial charge in [-0.1, -0.05) is 19.9 Å². The van der Waals surface area contributed by atoms with E-state index >= 15 is 0 Å². The predicted molar refractivity (Wildman–Crippen MR) is 130 cm³/mol. The molecule has 0 aliphatic carbocycles. The number of phenolic OH excluding ortho intramolecular Hbond substituents is 1. The first-order valence-corrected chi connectivity index (χ1v) is 11.6. The van der Waals surface area contributed by atoms with Gasteiger partial charge in [0, 0.05) is 31.1 Å². The molecule has 0 fully saturated rings. The second-order valence-electron chi connectivity index (χ2n) is 7.47. The molecular weight excluding hydrogens is 524 g/mol. The van der Waals surface area contributed by atoms with Crippen molar-refractivity contribution < 1.29 is 14.6 Å². The second kappa shape index (κ2) is 10.8. The number of carbonyl (C=O) groups excluding carboxylic acids is 1. The average Bonchev–Trinajstić information content (AvgIpc) is 2.72. The lowest BCUT2D eigenvalue weighted by molar-refractivity contribution is -0.118. The maximum absolute atomic E-state index is 12.4. The number of phenols is 1. The summed E-state index contributed by atoms with van der Waals surface area (Å²) in [6.45, 7) is 4.57. The molecule has 3 aromatic rings. The fourth-order valence-electron chi connectivity index (χ4n) is 3.10. The number of hydrogen-bond donors (Lipinski definition) is 2. The minimum Gasteiger partial charge on any atom is -0.508 e. The van der Waals surface area contributed by atoms with Gasteiger partial charge in [-0.2, -0.15) is 0 Å².